The molecule has 1 fully saturated rings. The third-order valence-corrected chi connectivity index (χ3v) is 4.68. The summed E-state index contributed by atoms with van der Waals surface area (Å²) in [5.74, 6) is 0.686. The molecule has 1 aromatic carbocycles. The molecule has 0 aromatic heterocycles. The van der Waals surface area contributed by atoms with E-state index in [2.05, 4.69) is 16.2 Å². The average Bonchev–Trinajstić information content (AvgIpc) is 3.07. The lowest BCUT2D eigenvalue weighted by molar-refractivity contribution is 0.431. The van der Waals surface area contributed by atoms with Gasteiger partial charge in [-0.3, -0.25) is 5.01 Å². The van der Waals surface area contributed by atoms with E-state index in [0.29, 0.717) is 17.1 Å². The van der Waals surface area contributed by atoms with Crippen molar-refractivity contribution in [3.8, 4) is 6.07 Å². The molecule has 20 heavy (non-hydrogen) atoms. The third kappa shape index (κ3) is 2.41. The fourth-order valence-electron chi connectivity index (χ4n) is 3.36. The monoisotopic (exact) mass is 287 g/mol. The van der Waals surface area contributed by atoms with Crippen LogP contribution < -0.4 is 5.01 Å². The maximum absolute atomic E-state index is 9.03. The SMILES string of the molecule is Cc1cc(N2N=C(Cl)CC2C2CCCC2)ccc1C#N. The van der Waals surface area contributed by atoms with Gasteiger partial charge in [-0.15, -0.1) is 0 Å². The van der Waals surface area contributed by atoms with Crippen molar-refractivity contribution in [3.63, 3.8) is 0 Å². The summed E-state index contributed by atoms with van der Waals surface area (Å²) in [4.78, 5) is 0. The highest BCUT2D eigenvalue weighted by atomic mass is 35.5. The number of halogens is 1. The van der Waals surface area contributed by atoms with E-state index < -0.39 is 0 Å². The number of aryl methyl sites for hydroxylation is 1. The third-order valence-electron chi connectivity index (χ3n) is 4.45. The molecule has 104 valence electrons. The van der Waals surface area contributed by atoms with Crippen LogP contribution in [0.1, 0.15) is 43.2 Å². The average molecular weight is 288 g/mol. The number of hydrogen-bond donors (Lipinski definition) is 0. The second-order valence-corrected chi connectivity index (χ2v) is 6.18. The minimum absolute atomic E-state index is 0.386. The Morgan fingerprint density at radius 1 is 1.35 bits per heavy atom. The highest BCUT2D eigenvalue weighted by Crippen LogP contribution is 2.38. The maximum Gasteiger partial charge on any atom is 0.128 e. The lowest BCUT2D eigenvalue weighted by atomic mass is 9.95. The lowest BCUT2D eigenvalue weighted by Gasteiger charge is -2.28. The number of nitrogens with zero attached hydrogens (tertiary/aromatic N) is 3. The Hall–Kier alpha value is -1.53. The number of anilines is 1. The Labute approximate surface area is 124 Å². The predicted octanol–water partition coefficient (Wildman–Crippen LogP) is 4.19. The Balaban J connectivity index is 1.90. The van der Waals surface area contributed by atoms with Crippen LogP contribution in [0.25, 0.3) is 0 Å². The summed E-state index contributed by atoms with van der Waals surface area (Å²) in [6.07, 6.45) is 6.04. The van der Waals surface area contributed by atoms with Gasteiger partial charge in [0.15, 0.2) is 0 Å². The van der Waals surface area contributed by atoms with Crippen LogP contribution in [0.3, 0.4) is 0 Å². The van der Waals surface area contributed by atoms with Gasteiger partial charge in [-0.2, -0.15) is 10.4 Å². The van der Waals surface area contributed by atoms with Crippen LogP contribution in [0.5, 0.6) is 0 Å². The van der Waals surface area contributed by atoms with Crippen molar-refractivity contribution in [2.45, 2.75) is 45.1 Å². The molecule has 0 bridgehead atoms. The minimum Gasteiger partial charge on any atom is -0.261 e. The van der Waals surface area contributed by atoms with Crippen molar-refractivity contribution in [1.29, 1.82) is 5.26 Å². The summed E-state index contributed by atoms with van der Waals surface area (Å²) in [5, 5.41) is 16.3. The van der Waals surface area contributed by atoms with E-state index in [9.17, 15) is 0 Å². The van der Waals surface area contributed by atoms with Crippen LogP contribution in [0, 0.1) is 24.2 Å². The Bertz CT molecular complexity index is 582. The maximum atomic E-state index is 9.03. The summed E-state index contributed by atoms with van der Waals surface area (Å²) in [5.41, 5.74) is 2.77. The van der Waals surface area contributed by atoms with Crippen LogP contribution >= 0.6 is 11.6 Å². The van der Waals surface area contributed by atoms with E-state index in [1.807, 2.05) is 25.1 Å². The molecule has 4 heteroatoms. The van der Waals surface area contributed by atoms with Crippen molar-refractivity contribution >= 4 is 22.5 Å². The number of hydrogen-bond acceptors (Lipinski definition) is 3. The van der Waals surface area contributed by atoms with Gasteiger partial charge in [-0.1, -0.05) is 24.4 Å². The number of benzene rings is 1. The molecule has 1 unspecified atom stereocenters. The standard InChI is InChI=1S/C16H18ClN3/c1-11-8-14(7-6-13(11)10-18)20-15(9-16(17)19-20)12-4-2-3-5-12/h6-8,12,15H,2-5,9H2,1H3. The molecule has 1 heterocycles. The number of rotatable bonds is 2. The molecule has 0 N–H and O–H groups in total. The largest absolute Gasteiger partial charge is 0.261 e. The first-order valence-corrected chi connectivity index (χ1v) is 7.60. The van der Waals surface area contributed by atoms with Crippen LogP contribution in [0.15, 0.2) is 23.3 Å². The molecule has 1 aromatic rings. The molecular formula is C16H18ClN3. The number of hydrazone groups is 1. The van der Waals surface area contributed by atoms with Gasteiger partial charge in [-0.05, 0) is 49.4 Å². The molecular weight excluding hydrogens is 270 g/mol. The van der Waals surface area contributed by atoms with Gasteiger partial charge in [0.1, 0.15) is 5.17 Å². The molecule has 0 saturated heterocycles. The second kappa shape index (κ2) is 5.46. The van der Waals surface area contributed by atoms with Gasteiger partial charge in [-0.25, -0.2) is 0 Å². The van der Waals surface area contributed by atoms with Crippen molar-refractivity contribution in [2.75, 3.05) is 5.01 Å². The molecule has 1 atom stereocenters. The van der Waals surface area contributed by atoms with E-state index >= 15 is 0 Å². The summed E-state index contributed by atoms with van der Waals surface area (Å²) in [6, 6.07) is 8.49. The summed E-state index contributed by atoms with van der Waals surface area (Å²) in [7, 11) is 0. The van der Waals surface area contributed by atoms with Gasteiger partial charge >= 0.3 is 0 Å². The quantitative estimate of drug-likeness (QED) is 0.818. The van der Waals surface area contributed by atoms with Gasteiger partial charge in [0.05, 0.1) is 23.4 Å². The molecule has 3 nitrogen and oxygen atoms in total. The Kier molecular flexibility index (Phi) is 3.67. The molecule has 1 aliphatic heterocycles. The first-order chi connectivity index (χ1) is 9.69. The van der Waals surface area contributed by atoms with E-state index in [0.717, 1.165) is 23.2 Å². The highest BCUT2D eigenvalue weighted by Gasteiger charge is 2.35. The van der Waals surface area contributed by atoms with Crippen LogP contribution in [0.2, 0.25) is 0 Å². The molecule has 2 aliphatic rings. The fourth-order valence-corrected chi connectivity index (χ4v) is 3.60. The van der Waals surface area contributed by atoms with Crippen molar-refractivity contribution < 1.29 is 0 Å². The van der Waals surface area contributed by atoms with Gasteiger partial charge in [0.25, 0.3) is 0 Å². The highest BCUT2D eigenvalue weighted by molar-refractivity contribution is 6.65. The zero-order valence-corrected chi connectivity index (χ0v) is 12.4. The van der Waals surface area contributed by atoms with E-state index in [1.165, 1.54) is 25.7 Å². The van der Waals surface area contributed by atoms with Crippen LogP contribution in [0.4, 0.5) is 5.69 Å². The first-order valence-electron chi connectivity index (χ1n) is 7.22. The molecule has 0 radical (unpaired) electrons. The zero-order chi connectivity index (χ0) is 14.1. The van der Waals surface area contributed by atoms with E-state index in [-0.39, 0.29) is 0 Å². The van der Waals surface area contributed by atoms with E-state index in [4.69, 9.17) is 16.9 Å². The van der Waals surface area contributed by atoms with Crippen molar-refractivity contribution in [1.82, 2.24) is 0 Å². The molecule has 3 rings (SSSR count). The zero-order valence-electron chi connectivity index (χ0n) is 11.6. The molecule has 1 aliphatic carbocycles. The molecule has 0 spiro atoms. The first kappa shape index (κ1) is 13.5. The van der Waals surface area contributed by atoms with Gasteiger partial charge in [0.2, 0.25) is 0 Å². The van der Waals surface area contributed by atoms with Gasteiger partial charge in [0, 0.05) is 6.42 Å². The predicted molar refractivity (Wildman–Crippen MR) is 82.0 cm³/mol. The topological polar surface area (TPSA) is 39.4 Å². The summed E-state index contributed by atoms with van der Waals surface area (Å²) < 4.78 is 0. The molecule has 0 amide bonds. The summed E-state index contributed by atoms with van der Waals surface area (Å²) in [6.45, 7) is 1.97. The van der Waals surface area contributed by atoms with Crippen molar-refractivity contribution in [2.24, 2.45) is 11.0 Å². The Morgan fingerprint density at radius 3 is 2.75 bits per heavy atom. The normalized spacial score (nSPS) is 22.9. The fraction of sp³-hybridized carbons (Fsp3) is 0.500. The summed E-state index contributed by atoms with van der Waals surface area (Å²) >= 11 is 6.18. The van der Waals surface area contributed by atoms with Crippen LogP contribution in [-0.2, 0) is 0 Å². The van der Waals surface area contributed by atoms with E-state index in [1.54, 1.807) is 0 Å². The second-order valence-electron chi connectivity index (χ2n) is 5.75. The van der Waals surface area contributed by atoms with Crippen molar-refractivity contribution in [3.05, 3.63) is 29.3 Å². The smallest absolute Gasteiger partial charge is 0.128 e. The lowest BCUT2D eigenvalue weighted by Crippen LogP contribution is -2.32. The Morgan fingerprint density at radius 2 is 2.10 bits per heavy atom. The minimum atomic E-state index is 0.386. The molecule has 1 saturated carbocycles. The van der Waals surface area contributed by atoms with Gasteiger partial charge < -0.3 is 0 Å². The number of nitriles is 1. The van der Waals surface area contributed by atoms with Crippen LogP contribution in [-0.4, -0.2) is 11.2 Å².